The van der Waals surface area contributed by atoms with Crippen molar-refractivity contribution in [2.75, 3.05) is 18.0 Å². The maximum atomic E-state index is 13.9. The van der Waals surface area contributed by atoms with E-state index >= 15 is 0 Å². The molecule has 0 radical (unpaired) electrons. The first kappa shape index (κ1) is 27.1. The first-order chi connectivity index (χ1) is 17.5. The predicted octanol–water partition coefficient (Wildman–Crippen LogP) is 4.76. The van der Waals surface area contributed by atoms with Crippen LogP contribution >= 0.6 is 11.6 Å². The minimum atomic E-state index is -0.961. The fraction of sp³-hybridized carbons (Fsp3) is 0.483. The van der Waals surface area contributed by atoms with Gasteiger partial charge in [0.05, 0.1) is 6.42 Å². The number of hydrogen-bond donors (Lipinski definition) is 2. The zero-order valence-corrected chi connectivity index (χ0v) is 22.7. The third-order valence-electron chi connectivity index (χ3n) is 6.49. The molecule has 1 fully saturated rings. The number of ether oxygens (including phenoxy) is 1. The van der Waals surface area contributed by atoms with Crippen LogP contribution in [-0.2, 0) is 25.7 Å². The lowest BCUT2D eigenvalue weighted by atomic mass is 9.94. The molecule has 1 heterocycles. The molecule has 1 aliphatic carbocycles. The van der Waals surface area contributed by atoms with Gasteiger partial charge in [0.15, 0.2) is 0 Å². The van der Waals surface area contributed by atoms with Gasteiger partial charge >= 0.3 is 0 Å². The minimum Gasteiger partial charge on any atom is -0.356 e. The number of carbonyl (C=O) groups is 3. The summed E-state index contributed by atoms with van der Waals surface area (Å²) >= 11 is 6.44. The Morgan fingerprint density at radius 1 is 1.11 bits per heavy atom. The molecular formula is C29H36ClN3O4. The third kappa shape index (κ3) is 7.33. The van der Waals surface area contributed by atoms with E-state index in [2.05, 4.69) is 31.4 Å². The number of carbonyl (C=O) groups excluding carboxylic acids is 3. The van der Waals surface area contributed by atoms with E-state index < -0.39 is 12.2 Å². The first-order valence-corrected chi connectivity index (χ1v) is 13.2. The monoisotopic (exact) mass is 525 g/mol. The van der Waals surface area contributed by atoms with E-state index in [9.17, 15) is 14.4 Å². The van der Waals surface area contributed by atoms with Crippen LogP contribution in [0.3, 0.4) is 0 Å². The average Bonchev–Trinajstić information content (AvgIpc) is 3.67. The second kappa shape index (κ2) is 11.2. The number of rotatable bonds is 8. The molecule has 8 heteroatoms. The fourth-order valence-electron chi connectivity index (χ4n) is 4.51. The van der Waals surface area contributed by atoms with E-state index in [1.54, 1.807) is 11.0 Å². The highest BCUT2D eigenvalue weighted by molar-refractivity contribution is 6.30. The summed E-state index contributed by atoms with van der Waals surface area (Å²) in [5.41, 5.74) is 3.02. The normalized spacial score (nSPS) is 19.7. The second-order valence-electron chi connectivity index (χ2n) is 11.3. The standard InChI is InChI=1S/C29H36ClN3O4/c1-18(34)31-16-20-6-5-7-21(12-20)27-23-13-22(30)10-11-24(23)33(17-29(2,3)4)28(36)25(37-27)14-26(35)32-15-19-8-9-19/h5-7,10-13,19,25,27H,8-9,14-17H2,1-4H3,(H,31,34)(H,32,35). The summed E-state index contributed by atoms with van der Waals surface area (Å²) in [5, 5.41) is 6.32. The Bertz CT molecular complexity index is 1170. The van der Waals surface area contributed by atoms with Crippen LogP contribution in [0, 0.1) is 11.3 Å². The average molecular weight is 526 g/mol. The topological polar surface area (TPSA) is 87.7 Å². The van der Waals surface area contributed by atoms with Crippen molar-refractivity contribution in [3.63, 3.8) is 0 Å². The van der Waals surface area contributed by atoms with Gasteiger partial charge in [0.2, 0.25) is 11.8 Å². The smallest absolute Gasteiger partial charge is 0.256 e. The van der Waals surface area contributed by atoms with E-state index in [0.29, 0.717) is 30.6 Å². The molecule has 2 unspecified atom stereocenters. The molecule has 1 saturated carbocycles. The van der Waals surface area contributed by atoms with Crippen LogP contribution in [-0.4, -0.2) is 36.9 Å². The molecule has 2 N–H and O–H groups in total. The molecular weight excluding hydrogens is 490 g/mol. The summed E-state index contributed by atoms with van der Waals surface area (Å²) in [6.45, 7) is 9.16. The lowest BCUT2D eigenvalue weighted by Crippen LogP contribution is -2.45. The lowest BCUT2D eigenvalue weighted by molar-refractivity contribution is -0.138. The SMILES string of the molecule is CC(=O)NCc1cccc(C2OC(CC(=O)NCC3CC3)C(=O)N(CC(C)(C)C)c3ccc(Cl)cc32)c1. The molecule has 0 spiro atoms. The number of halogens is 1. The van der Waals surface area contributed by atoms with Crippen LogP contribution < -0.4 is 15.5 Å². The second-order valence-corrected chi connectivity index (χ2v) is 11.7. The Labute approximate surface area is 223 Å². The van der Waals surface area contributed by atoms with E-state index in [0.717, 1.165) is 35.2 Å². The summed E-state index contributed by atoms with van der Waals surface area (Å²) in [7, 11) is 0. The molecule has 37 heavy (non-hydrogen) atoms. The maximum absolute atomic E-state index is 13.9. The van der Waals surface area contributed by atoms with Crippen LogP contribution in [0.25, 0.3) is 0 Å². The molecule has 3 amide bonds. The van der Waals surface area contributed by atoms with Crippen LogP contribution in [0.15, 0.2) is 42.5 Å². The largest absolute Gasteiger partial charge is 0.356 e. The van der Waals surface area contributed by atoms with Crippen LogP contribution in [0.2, 0.25) is 5.02 Å². The van der Waals surface area contributed by atoms with Gasteiger partial charge in [-0.2, -0.15) is 0 Å². The lowest BCUT2D eigenvalue weighted by Gasteiger charge is -2.31. The number of benzene rings is 2. The maximum Gasteiger partial charge on any atom is 0.256 e. The summed E-state index contributed by atoms with van der Waals surface area (Å²) < 4.78 is 6.51. The van der Waals surface area contributed by atoms with Crippen LogP contribution in [0.1, 0.15) is 69.8 Å². The summed E-state index contributed by atoms with van der Waals surface area (Å²) in [6.07, 6.45) is 0.616. The number of fused-ring (bicyclic) bond motifs is 1. The fourth-order valence-corrected chi connectivity index (χ4v) is 4.69. The van der Waals surface area contributed by atoms with Gasteiger partial charge in [-0.05, 0) is 53.5 Å². The predicted molar refractivity (Wildman–Crippen MR) is 144 cm³/mol. The molecule has 0 bridgehead atoms. The summed E-state index contributed by atoms with van der Waals surface area (Å²) in [6, 6.07) is 13.2. The Kier molecular flexibility index (Phi) is 8.24. The van der Waals surface area contributed by atoms with E-state index in [1.807, 2.05) is 36.4 Å². The number of hydrogen-bond acceptors (Lipinski definition) is 4. The Morgan fingerprint density at radius 3 is 2.54 bits per heavy atom. The van der Waals surface area contributed by atoms with Gasteiger partial charge < -0.3 is 20.3 Å². The van der Waals surface area contributed by atoms with Gasteiger partial charge in [-0.1, -0.05) is 56.6 Å². The molecule has 2 aliphatic rings. The molecule has 198 valence electrons. The van der Waals surface area contributed by atoms with Gasteiger partial charge in [-0.3, -0.25) is 14.4 Å². The highest BCUT2D eigenvalue weighted by Gasteiger charge is 2.39. The number of nitrogens with one attached hydrogen (secondary N) is 2. The minimum absolute atomic E-state index is 0.0595. The zero-order chi connectivity index (χ0) is 26.7. The first-order valence-electron chi connectivity index (χ1n) is 12.9. The highest BCUT2D eigenvalue weighted by Crippen LogP contribution is 2.41. The van der Waals surface area contributed by atoms with Crippen molar-refractivity contribution in [3.05, 3.63) is 64.2 Å². The molecule has 7 nitrogen and oxygen atoms in total. The highest BCUT2D eigenvalue weighted by atomic mass is 35.5. The van der Waals surface area contributed by atoms with Crippen molar-refractivity contribution in [1.29, 1.82) is 0 Å². The van der Waals surface area contributed by atoms with Crippen molar-refractivity contribution in [2.24, 2.45) is 11.3 Å². The van der Waals surface area contributed by atoms with Crippen molar-refractivity contribution >= 4 is 35.0 Å². The molecule has 0 saturated heterocycles. The number of nitrogens with zero attached hydrogens (tertiary/aromatic N) is 1. The van der Waals surface area contributed by atoms with Crippen LogP contribution in [0.5, 0.6) is 0 Å². The van der Waals surface area contributed by atoms with Gasteiger partial charge in [-0.25, -0.2) is 0 Å². The van der Waals surface area contributed by atoms with E-state index in [-0.39, 0.29) is 29.6 Å². The van der Waals surface area contributed by atoms with Crippen molar-refractivity contribution < 1.29 is 19.1 Å². The van der Waals surface area contributed by atoms with Crippen molar-refractivity contribution in [3.8, 4) is 0 Å². The summed E-state index contributed by atoms with van der Waals surface area (Å²) in [5.74, 6) is -0.00777. The molecule has 2 aromatic rings. The van der Waals surface area contributed by atoms with Gasteiger partial charge in [0.1, 0.15) is 12.2 Å². The van der Waals surface area contributed by atoms with E-state index in [4.69, 9.17) is 16.3 Å². The Morgan fingerprint density at radius 2 is 1.86 bits per heavy atom. The van der Waals surface area contributed by atoms with E-state index in [1.165, 1.54) is 6.92 Å². The van der Waals surface area contributed by atoms with Gasteiger partial charge in [0.25, 0.3) is 5.91 Å². The quantitative estimate of drug-likeness (QED) is 0.520. The van der Waals surface area contributed by atoms with Crippen molar-refractivity contribution in [2.45, 2.75) is 65.7 Å². The zero-order valence-electron chi connectivity index (χ0n) is 22.0. The van der Waals surface area contributed by atoms with Gasteiger partial charge in [-0.15, -0.1) is 0 Å². The molecule has 4 rings (SSSR count). The third-order valence-corrected chi connectivity index (χ3v) is 6.72. The Hall–Kier alpha value is -2.90. The molecule has 1 aliphatic heterocycles. The Balaban J connectivity index is 1.73. The number of amides is 3. The molecule has 2 aromatic carbocycles. The molecule has 2 atom stereocenters. The van der Waals surface area contributed by atoms with Crippen molar-refractivity contribution in [1.82, 2.24) is 10.6 Å². The van der Waals surface area contributed by atoms with Gasteiger partial charge in [0, 0.05) is 42.8 Å². The summed E-state index contributed by atoms with van der Waals surface area (Å²) in [4.78, 5) is 40.0. The number of anilines is 1. The molecule has 0 aromatic heterocycles. The van der Waals surface area contributed by atoms with Crippen LogP contribution in [0.4, 0.5) is 5.69 Å².